The van der Waals surface area contributed by atoms with Gasteiger partial charge in [-0.2, -0.15) is 0 Å². The lowest BCUT2D eigenvalue weighted by Gasteiger charge is -1.98. The number of halogens is 1. The minimum atomic E-state index is -1.41. The van der Waals surface area contributed by atoms with Crippen LogP contribution in [0, 0.1) is 0 Å². The molecule has 0 amide bonds. The Bertz CT molecular complexity index is 467. The van der Waals surface area contributed by atoms with Crippen LogP contribution in [0.4, 0.5) is 0 Å². The Labute approximate surface area is 83.3 Å². The van der Waals surface area contributed by atoms with Crippen LogP contribution in [-0.2, 0) is 10.0 Å². The molecule has 1 unspecified atom stereocenters. The van der Waals surface area contributed by atoms with E-state index in [1.54, 1.807) is 6.07 Å². The zero-order valence-electron chi connectivity index (χ0n) is 6.74. The molecular formula is C10H7ClOS. The maximum Gasteiger partial charge on any atom is 0.147 e. The van der Waals surface area contributed by atoms with Gasteiger partial charge >= 0.3 is 0 Å². The number of hydrogen-bond acceptors (Lipinski definition) is 1. The van der Waals surface area contributed by atoms with Crippen molar-refractivity contribution in [1.29, 1.82) is 0 Å². The Hall–Kier alpha value is -0.860. The summed E-state index contributed by atoms with van der Waals surface area (Å²) in [6.45, 7) is 0. The van der Waals surface area contributed by atoms with Crippen molar-refractivity contribution in [1.82, 2.24) is 0 Å². The molecule has 2 aromatic carbocycles. The van der Waals surface area contributed by atoms with Gasteiger partial charge in [0, 0.05) is 0 Å². The summed E-state index contributed by atoms with van der Waals surface area (Å²) in [4.78, 5) is 0.653. The fourth-order valence-electron chi connectivity index (χ4n) is 1.27. The van der Waals surface area contributed by atoms with Crippen LogP contribution in [0.25, 0.3) is 10.8 Å². The van der Waals surface area contributed by atoms with Crippen LogP contribution in [0.2, 0.25) is 0 Å². The van der Waals surface area contributed by atoms with E-state index in [1.165, 1.54) is 0 Å². The lowest BCUT2D eigenvalue weighted by molar-refractivity contribution is 0.691. The molecule has 0 aliphatic carbocycles. The minimum absolute atomic E-state index is 0.653. The molecule has 13 heavy (non-hydrogen) atoms. The average Bonchev–Trinajstić information content (AvgIpc) is 2.17. The smallest absolute Gasteiger partial charge is 0.147 e. The van der Waals surface area contributed by atoms with Crippen molar-refractivity contribution < 1.29 is 4.21 Å². The first-order chi connectivity index (χ1) is 6.27. The first kappa shape index (κ1) is 8.73. The molecule has 2 aromatic rings. The summed E-state index contributed by atoms with van der Waals surface area (Å²) < 4.78 is 11.0. The molecule has 3 heteroatoms. The van der Waals surface area contributed by atoms with Crippen LogP contribution in [0.1, 0.15) is 0 Å². The van der Waals surface area contributed by atoms with E-state index in [9.17, 15) is 4.21 Å². The Morgan fingerprint density at radius 3 is 2.38 bits per heavy atom. The molecule has 0 N–H and O–H groups in total. The van der Waals surface area contributed by atoms with Crippen LogP contribution in [0.5, 0.6) is 0 Å². The van der Waals surface area contributed by atoms with Gasteiger partial charge in [-0.1, -0.05) is 30.3 Å². The number of benzene rings is 2. The van der Waals surface area contributed by atoms with E-state index in [2.05, 4.69) is 0 Å². The third-order valence-corrected chi connectivity index (χ3v) is 3.07. The molecule has 2 rings (SSSR count). The molecule has 0 aliphatic heterocycles. The Balaban J connectivity index is 2.69. The second-order valence-electron chi connectivity index (χ2n) is 2.73. The zero-order valence-corrected chi connectivity index (χ0v) is 8.31. The SMILES string of the molecule is O=S(Cl)c1ccc2ccccc2c1. The van der Waals surface area contributed by atoms with Crippen molar-refractivity contribution in [2.75, 3.05) is 0 Å². The van der Waals surface area contributed by atoms with Gasteiger partial charge in [-0.15, -0.1) is 0 Å². The molecule has 0 spiro atoms. The minimum Gasteiger partial charge on any atom is -0.237 e. The van der Waals surface area contributed by atoms with Crippen LogP contribution < -0.4 is 0 Å². The Morgan fingerprint density at radius 1 is 1.00 bits per heavy atom. The number of fused-ring (bicyclic) bond motifs is 1. The molecule has 0 aliphatic rings. The van der Waals surface area contributed by atoms with Gasteiger partial charge in [0.2, 0.25) is 0 Å². The number of rotatable bonds is 1. The highest BCUT2D eigenvalue weighted by Gasteiger charge is 1.99. The maximum atomic E-state index is 11.0. The fourth-order valence-corrected chi connectivity index (χ4v) is 1.95. The third-order valence-electron chi connectivity index (χ3n) is 1.91. The topological polar surface area (TPSA) is 17.1 Å². The summed E-state index contributed by atoms with van der Waals surface area (Å²) in [5.74, 6) is 0. The fraction of sp³-hybridized carbons (Fsp3) is 0. The molecule has 0 fully saturated rings. The van der Waals surface area contributed by atoms with Gasteiger partial charge in [0.25, 0.3) is 0 Å². The first-order valence-electron chi connectivity index (χ1n) is 3.84. The van der Waals surface area contributed by atoms with E-state index in [1.807, 2.05) is 36.4 Å². The molecule has 0 heterocycles. The summed E-state index contributed by atoms with van der Waals surface area (Å²) in [6, 6.07) is 13.5. The van der Waals surface area contributed by atoms with E-state index in [0.29, 0.717) is 4.90 Å². The summed E-state index contributed by atoms with van der Waals surface area (Å²) in [6.07, 6.45) is 0. The molecular weight excluding hydrogens is 204 g/mol. The quantitative estimate of drug-likeness (QED) is 0.661. The first-order valence-corrected chi connectivity index (χ1v) is 5.82. The maximum absolute atomic E-state index is 11.0. The highest BCUT2D eigenvalue weighted by Crippen LogP contribution is 2.18. The Morgan fingerprint density at radius 2 is 1.69 bits per heavy atom. The van der Waals surface area contributed by atoms with Crippen molar-refractivity contribution in [2.45, 2.75) is 4.90 Å². The molecule has 1 atom stereocenters. The van der Waals surface area contributed by atoms with Crippen molar-refractivity contribution in [3.63, 3.8) is 0 Å². The normalized spacial score (nSPS) is 13.0. The lowest BCUT2D eigenvalue weighted by Crippen LogP contribution is -1.81. The summed E-state index contributed by atoms with van der Waals surface area (Å²) in [7, 11) is 4.06. The van der Waals surface area contributed by atoms with Gasteiger partial charge in [-0.3, -0.25) is 0 Å². The molecule has 0 radical (unpaired) electrons. The monoisotopic (exact) mass is 210 g/mol. The molecule has 66 valence electrons. The molecule has 0 saturated heterocycles. The van der Waals surface area contributed by atoms with Crippen LogP contribution in [0.3, 0.4) is 0 Å². The summed E-state index contributed by atoms with van der Waals surface area (Å²) >= 11 is 0. The van der Waals surface area contributed by atoms with E-state index in [4.69, 9.17) is 10.7 Å². The van der Waals surface area contributed by atoms with Gasteiger partial charge in [-0.25, -0.2) is 4.21 Å². The molecule has 0 bridgehead atoms. The second-order valence-corrected chi connectivity index (χ2v) is 4.49. The van der Waals surface area contributed by atoms with Crippen LogP contribution >= 0.6 is 10.7 Å². The van der Waals surface area contributed by atoms with E-state index in [-0.39, 0.29) is 0 Å². The van der Waals surface area contributed by atoms with Gasteiger partial charge in [0.05, 0.1) is 4.90 Å². The summed E-state index contributed by atoms with van der Waals surface area (Å²) in [5, 5.41) is 2.20. The Kier molecular flexibility index (Phi) is 2.34. The van der Waals surface area contributed by atoms with E-state index >= 15 is 0 Å². The van der Waals surface area contributed by atoms with Gasteiger partial charge in [-0.05, 0) is 33.6 Å². The van der Waals surface area contributed by atoms with E-state index in [0.717, 1.165) is 10.8 Å². The van der Waals surface area contributed by atoms with Gasteiger partial charge in [0.15, 0.2) is 0 Å². The number of hydrogen-bond donors (Lipinski definition) is 0. The standard InChI is InChI=1S/C10H7ClOS/c11-13(12)10-6-5-8-3-1-2-4-9(8)7-10/h1-7H. The van der Waals surface area contributed by atoms with Crippen molar-refractivity contribution >= 4 is 31.5 Å². The predicted octanol–water partition coefficient (Wildman–Crippen LogP) is 3.10. The second kappa shape index (κ2) is 3.48. The lowest BCUT2D eigenvalue weighted by atomic mass is 10.1. The predicted molar refractivity (Wildman–Crippen MR) is 56.2 cm³/mol. The van der Waals surface area contributed by atoms with Gasteiger partial charge < -0.3 is 0 Å². The molecule has 1 nitrogen and oxygen atoms in total. The highest BCUT2D eigenvalue weighted by atomic mass is 35.7. The van der Waals surface area contributed by atoms with E-state index < -0.39 is 10.0 Å². The van der Waals surface area contributed by atoms with Gasteiger partial charge in [0.1, 0.15) is 10.0 Å². The van der Waals surface area contributed by atoms with Crippen molar-refractivity contribution in [3.05, 3.63) is 42.5 Å². The van der Waals surface area contributed by atoms with Crippen molar-refractivity contribution in [3.8, 4) is 0 Å². The van der Waals surface area contributed by atoms with Crippen molar-refractivity contribution in [2.24, 2.45) is 0 Å². The van der Waals surface area contributed by atoms with Crippen LogP contribution in [-0.4, -0.2) is 4.21 Å². The third kappa shape index (κ3) is 1.74. The highest BCUT2D eigenvalue weighted by molar-refractivity contribution is 8.08. The molecule has 0 saturated carbocycles. The molecule has 0 aromatic heterocycles. The zero-order chi connectivity index (χ0) is 9.26. The summed E-state index contributed by atoms with van der Waals surface area (Å²) in [5.41, 5.74) is 0. The average molecular weight is 211 g/mol. The largest absolute Gasteiger partial charge is 0.237 e. The van der Waals surface area contributed by atoms with Crippen LogP contribution in [0.15, 0.2) is 47.4 Å².